The van der Waals surface area contributed by atoms with Crippen LogP contribution in [-0.2, 0) is 0 Å². The largest absolute Gasteiger partial charge is 0.475 e. The predicted molar refractivity (Wildman–Crippen MR) is 51.6 cm³/mol. The van der Waals surface area contributed by atoms with E-state index in [2.05, 4.69) is 9.97 Å². The van der Waals surface area contributed by atoms with E-state index >= 15 is 0 Å². The summed E-state index contributed by atoms with van der Waals surface area (Å²) in [6.07, 6.45) is 0. The molecule has 1 amide bonds. The normalized spacial score (nSPS) is 10.4. The highest BCUT2D eigenvalue weighted by Gasteiger charge is 2.13. The summed E-state index contributed by atoms with van der Waals surface area (Å²) in [6.45, 7) is 0. The monoisotopic (exact) mass is 205 g/mol. The lowest BCUT2D eigenvalue weighted by atomic mass is 10.2. The van der Waals surface area contributed by atoms with Gasteiger partial charge in [-0.25, -0.2) is 9.78 Å². The van der Waals surface area contributed by atoms with Crippen molar-refractivity contribution >= 4 is 22.9 Å². The number of carboxylic acid groups (broad SMARTS) is 1. The number of nitrogens with zero attached hydrogens (tertiary/aromatic N) is 1. The van der Waals surface area contributed by atoms with Gasteiger partial charge < -0.3 is 15.8 Å². The van der Waals surface area contributed by atoms with E-state index in [1.54, 1.807) is 12.1 Å². The first-order chi connectivity index (χ1) is 7.09. The number of imidazole rings is 1. The van der Waals surface area contributed by atoms with Crippen molar-refractivity contribution in [3.05, 3.63) is 29.6 Å². The van der Waals surface area contributed by atoms with Crippen molar-refractivity contribution in [3.8, 4) is 0 Å². The number of hydrogen-bond donors (Lipinski definition) is 3. The second-order valence-electron chi connectivity index (χ2n) is 2.96. The molecule has 2 aromatic rings. The summed E-state index contributed by atoms with van der Waals surface area (Å²) in [7, 11) is 0. The first-order valence-corrected chi connectivity index (χ1v) is 4.11. The molecular weight excluding hydrogens is 198 g/mol. The van der Waals surface area contributed by atoms with E-state index in [1.807, 2.05) is 0 Å². The Hall–Kier alpha value is -2.37. The Kier molecular flexibility index (Phi) is 1.89. The number of primary amides is 1. The molecule has 1 heterocycles. The van der Waals surface area contributed by atoms with Crippen LogP contribution >= 0.6 is 0 Å². The summed E-state index contributed by atoms with van der Waals surface area (Å²) in [5.41, 5.74) is 6.09. The van der Waals surface area contributed by atoms with Gasteiger partial charge in [0.05, 0.1) is 11.1 Å². The topological polar surface area (TPSA) is 109 Å². The molecule has 76 valence electrons. The fourth-order valence-corrected chi connectivity index (χ4v) is 1.33. The fraction of sp³-hybridized carbons (Fsp3) is 0. The van der Waals surface area contributed by atoms with Crippen LogP contribution in [0.4, 0.5) is 0 Å². The molecule has 0 saturated carbocycles. The van der Waals surface area contributed by atoms with Gasteiger partial charge in [0.15, 0.2) is 0 Å². The molecule has 0 bridgehead atoms. The number of para-hydroxylation sites is 1. The number of carbonyl (C=O) groups excluding carboxylic acids is 1. The summed E-state index contributed by atoms with van der Waals surface area (Å²) >= 11 is 0. The van der Waals surface area contributed by atoms with Gasteiger partial charge in [-0.15, -0.1) is 0 Å². The van der Waals surface area contributed by atoms with E-state index in [1.165, 1.54) is 6.07 Å². The van der Waals surface area contributed by atoms with Crippen molar-refractivity contribution in [1.82, 2.24) is 9.97 Å². The average molecular weight is 205 g/mol. The van der Waals surface area contributed by atoms with Crippen LogP contribution in [0, 0.1) is 0 Å². The second-order valence-corrected chi connectivity index (χ2v) is 2.96. The van der Waals surface area contributed by atoms with Crippen molar-refractivity contribution in [3.63, 3.8) is 0 Å². The van der Waals surface area contributed by atoms with E-state index in [4.69, 9.17) is 10.8 Å². The molecule has 0 radical (unpaired) electrons. The van der Waals surface area contributed by atoms with E-state index in [9.17, 15) is 9.59 Å². The molecule has 0 fully saturated rings. The number of amides is 1. The Balaban J connectivity index is 2.75. The lowest BCUT2D eigenvalue weighted by Crippen LogP contribution is -2.11. The minimum Gasteiger partial charge on any atom is -0.475 e. The first kappa shape index (κ1) is 9.20. The number of benzene rings is 1. The third-order valence-corrected chi connectivity index (χ3v) is 1.98. The van der Waals surface area contributed by atoms with E-state index < -0.39 is 11.9 Å². The minimum absolute atomic E-state index is 0.205. The summed E-state index contributed by atoms with van der Waals surface area (Å²) in [4.78, 5) is 28.0. The Morgan fingerprint density at radius 3 is 2.73 bits per heavy atom. The molecule has 2 rings (SSSR count). The molecule has 6 heteroatoms. The van der Waals surface area contributed by atoms with Crippen molar-refractivity contribution in [2.75, 3.05) is 0 Å². The quantitative estimate of drug-likeness (QED) is 0.657. The molecule has 1 aromatic carbocycles. The number of H-pyrrole nitrogens is 1. The number of nitrogens with two attached hydrogens (primary N) is 1. The maximum Gasteiger partial charge on any atom is 0.371 e. The Morgan fingerprint density at radius 2 is 2.13 bits per heavy atom. The van der Waals surface area contributed by atoms with E-state index in [0.29, 0.717) is 5.52 Å². The molecule has 15 heavy (non-hydrogen) atoms. The molecule has 6 nitrogen and oxygen atoms in total. The first-order valence-electron chi connectivity index (χ1n) is 4.11. The second kappa shape index (κ2) is 3.09. The molecule has 1 aromatic heterocycles. The van der Waals surface area contributed by atoms with Crippen LogP contribution in [0.1, 0.15) is 21.0 Å². The van der Waals surface area contributed by atoms with Gasteiger partial charge in [-0.2, -0.15) is 0 Å². The highest BCUT2D eigenvalue weighted by Crippen LogP contribution is 2.15. The molecule has 0 atom stereocenters. The molecule has 0 aliphatic rings. The highest BCUT2D eigenvalue weighted by atomic mass is 16.4. The smallest absolute Gasteiger partial charge is 0.371 e. The number of aromatic carboxylic acids is 1. The molecule has 0 aliphatic carbocycles. The van der Waals surface area contributed by atoms with Gasteiger partial charge >= 0.3 is 5.97 Å². The zero-order valence-corrected chi connectivity index (χ0v) is 7.52. The third kappa shape index (κ3) is 1.41. The van der Waals surface area contributed by atoms with Crippen LogP contribution in [-0.4, -0.2) is 27.0 Å². The van der Waals surface area contributed by atoms with Crippen molar-refractivity contribution < 1.29 is 14.7 Å². The third-order valence-electron chi connectivity index (χ3n) is 1.98. The molecule has 4 N–H and O–H groups in total. The van der Waals surface area contributed by atoms with Crippen LogP contribution < -0.4 is 5.73 Å². The lowest BCUT2D eigenvalue weighted by molar-refractivity contribution is 0.0685. The van der Waals surface area contributed by atoms with E-state index in [0.717, 1.165) is 0 Å². The van der Waals surface area contributed by atoms with Crippen LogP contribution in [0.15, 0.2) is 18.2 Å². The summed E-state index contributed by atoms with van der Waals surface area (Å²) < 4.78 is 0. The Bertz CT molecular complexity index is 559. The number of nitrogens with one attached hydrogen (secondary N) is 1. The van der Waals surface area contributed by atoms with Crippen molar-refractivity contribution in [2.24, 2.45) is 5.73 Å². The van der Waals surface area contributed by atoms with Gasteiger partial charge in [0.2, 0.25) is 5.82 Å². The maximum absolute atomic E-state index is 11.0. The standard InChI is InChI=1S/C9H7N3O3/c10-7(13)4-2-1-3-5-6(4)12-8(11-5)9(14)15/h1-3H,(H2,10,13)(H,11,12)(H,14,15). The Labute approximate surface area is 83.7 Å². The lowest BCUT2D eigenvalue weighted by Gasteiger charge is -1.94. The average Bonchev–Trinajstić information content (AvgIpc) is 2.60. The fourth-order valence-electron chi connectivity index (χ4n) is 1.33. The molecule has 0 saturated heterocycles. The number of hydrogen-bond acceptors (Lipinski definition) is 3. The summed E-state index contributed by atoms with van der Waals surface area (Å²) in [6, 6.07) is 4.73. The van der Waals surface area contributed by atoms with Gasteiger partial charge in [0.25, 0.3) is 5.91 Å². The van der Waals surface area contributed by atoms with Gasteiger partial charge in [-0.1, -0.05) is 6.07 Å². The van der Waals surface area contributed by atoms with Gasteiger partial charge in [0, 0.05) is 0 Å². The number of carboxylic acids is 1. The number of aromatic amines is 1. The van der Waals surface area contributed by atoms with Crippen LogP contribution in [0.5, 0.6) is 0 Å². The van der Waals surface area contributed by atoms with E-state index in [-0.39, 0.29) is 16.9 Å². The minimum atomic E-state index is -1.18. The molecular formula is C9H7N3O3. The van der Waals surface area contributed by atoms with Crippen LogP contribution in [0.25, 0.3) is 11.0 Å². The SMILES string of the molecule is NC(=O)c1cccc2[nH]c(C(=O)O)nc12. The van der Waals surface area contributed by atoms with Crippen molar-refractivity contribution in [1.29, 1.82) is 0 Å². The highest BCUT2D eigenvalue weighted by molar-refractivity contribution is 6.05. The number of rotatable bonds is 2. The molecule has 0 spiro atoms. The Morgan fingerprint density at radius 1 is 1.40 bits per heavy atom. The van der Waals surface area contributed by atoms with Crippen LogP contribution in [0.2, 0.25) is 0 Å². The predicted octanol–water partition coefficient (Wildman–Crippen LogP) is 0.360. The zero-order chi connectivity index (χ0) is 11.0. The zero-order valence-electron chi connectivity index (χ0n) is 7.52. The number of carbonyl (C=O) groups is 2. The van der Waals surface area contributed by atoms with Gasteiger partial charge in [0.1, 0.15) is 5.52 Å². The van der Waals surface area contributed by atoms with Gasteiger partial charge in [-0.3, -0.25) is 4.79 Å². The molecule has 0 aliphatic heterocycles. The maximum atomic E-state index is 11.0. The number of fused-ring (bicyclic) bond motifs is 1. The van der Waals surface area contributed by atoms with Gasteiger partial charge in [-0.05, 0) is 12.1 Å². The summed E-state index contributed by atoms with van der Waals surface area (Å²) in [5, 5.41) is 8.71. The summed E-state index contributed by atoms with van der Waals surface area (Å²) in [5.74, 6) is -2.02. The number of aromatic nitrogens is 2. The molecule has 0 unspecified atom stereocenters. The van der Waals surface area contributed by atoms with Crippen LogP contribution in [0.3, 0.4) is 0 Å². The van der Waals surface area contributed by atoms with Crippen molar-refractivity contribution in [2.45, 2.75) is 0 Å².